The van der Waals surface area contributed by atoms with Gasteiger partial charge in [0.1, 0.15) is 5.78 Å². The summed E-state index contributed by atoms with van der Waals surface area (Å²) in [5.74, 6) is 0.731. The van der Waals surface area contributed by atoms with Crippen LogP contribution in [0.4, 0.5) is 0 Å². The number of carbonyl (C=O) groups is 1. The van der Waals surface area contributed by atoms with Gasteiger partial charge in [-0.2, -0.15) is 0 Å². The second-order valence-electron chi connectivity index (χ2n) is 3.41. The zero-order valence-corrected chi connectivity index (χ0v) is 8.31. The first-order chi connectivity index (χ1) is 5.70. The number of Topliss-reactive ketones (excluding diaryl/α,β-unsaturated/α-hetero) is 1. The molecule has 0 saturated carbocycles. The smallest absolute Gasteiger partial charge is 0.133 e. The minimum atomic E-state index is 0.346. The van der Waals surface area contributed by atoms with Gasteiger partial charge in [-0.05, 0) is 12.3 Å². The molecule has 12 heavy (non-hydrogen) atoms. The molecule has 0 spiro atoms. The van der Waals surface area contributed by atoms with E-state index in [0.717, 1.165) is 12.8 Å². The van der Waals surface area contributed by atoms with Crippen molar-refractivity contribution in [2.24, 2.45) is 5.92 Å². The highest BCUT2D eigenvalue weighted by Crippen LogP contribution is 2.08. The van der Waals surface area contributed by atoms with E-state index in [0.29, 0.717) is 18.1 Å². The van der Waals surface area contributed by atoms with Crippen molar-refractivity contribution in [1.82, 2.24) is 0 Å². The largest absolute Gasteiger partial charge is 0.300 e. The van der Waals surface area contributed by atoms with E-state index >= 15 is 0 Å². The SMILES string of the molecule is C=C[C@@H](C)CC(=O)CCCCC. The van der Waals surface area contributed by atoms with Crippen molar-refractivity contribution in [3.63, 3.8) is 0 Å². The molecule has 1 nitrogen and oxygen atoms in total. The zero-order chi connectivity index (χ0) is 9.40. The summed E-state index contributed by atoms with van der Waals surface area (Å²) in [6.45, 7) is 7.84. The van der Waals surface area contributed by atoms with Crippen LogP contribution in [0.2, 0.25) is 0 Å². The van der Waals surface area contributed by atoms with Gasteiger partial charge < -0.3 is 0 Å². The van der Waals surface area contributed by atoms with Gasteiger partial charge in [-0.25, -0.2) is 0 Å². The molecule has 0 aromatic carbocycles. The third-order valence-corrected chi connectivity index (χ3v) is 2.01. The molecular weight excluding hydrogens is 148 g/mol. The number of hydrogen-bond donors (Lipinski definition) is 0. The van der Waals surface area contributed by atoms with E-state index in [1.54, 1.807) is 0 Å². The lowest BCUT2D eigenvalue weighted by Gasteiger charge is -2.03. The first-order valence-electron chi connectivity index (χ1n) is 4.85. The van der Waals surface area contributed by atoms with Crippen LogP contribution in [-0.2, 0) is 4.79 Å². The van der Waals surface area contributed by atoms with Crippen LogP contribution in [0.1, 0.15) is 46.0 Å². The molecule has 0 fully saturated rings. The van der Waals surface area contributed by atoms with E-state index in [1.807, 2.05) is 13.0 Å². The predicted molar refractivity (Wildman–Crippen MR) is 53.1 cm³/mol. The van der Waals surface area contributed by atoms with Crippen LogP contribution in [-0.4, -0.2) is 5.78 Å². The highest BCUT2D eigenvalue weighted by atomic mass is 16.1. The number of allylic oxidation sites excluding steroid dienone is 1. The second kappa shape index (κ2) is 7.08. The van der Waals surface area contributed by atoms with Crippen LogP contribution in [0.25, 0.3) is 0 Å². The maximum absolute atomic E-state index is 11.2. The standard InChI is InChI=1S/C11H20O/c1-4-6-7-8-11(12)9-10(3)5-2/h5,10H,2,4,6-9H2,1,3H3/t10-/m1/s1. The van der Waals surface area contributed by atoms with Crippen molar-refractivity contribution in [3.8, 4) is 0 Å². The quantitative estimate of drug-likeness (QED) is 0.421. The highest BCUT2D eigenvalue weighted by Gasteiger charge is 2.04. The van der Waals surface area contributed by atoms with Gasteiger partial charge in [-0.15, -0.1) is 6.58 Å². The summed E-state index contributed by atoms with van der Waals surface area (Å²) in [6.07, 6.45) is 6.69. The van der Waals surface area contributed by atoms with Crippen molar-refractivity contribution in [3.05, 3.63) is 12.7 Å². The Bertz CT molecular complexity index is 138. The van der Waals surface area contributed by atoms with Gasteiger partial charge in [0.2, 0.25) is 0 Å². The summed E-state index contributed by atoms with van der Waals surface area (Å²) in [5, 5.41) is 0. The predicted octanol–water partition coefficient (Wildman–Crippen LogP) is 3.35. The monoisotopic (exact) mass is 168 g/mol. The van der Waals surface area contributed by atoms with Crippen LogP contribution in [0, 0.1) is 5.92 Å². The van der Waals surface area contributed by atoms with E-state index in [-0.39, 0.29) is 0 Å². The van der Waals surface area contributed by atoms with Crippen molar-refractivity contribution < 1.29 is 4.79 Å². The lowest BCUT2D eigenvalue weighted by atomic mass is 10.0. The van der Waals surface area contributed by atoms with E-state index < -0.39 is 0 Å². The Hall–Kier alpha value is -0.590. The van der Waals surface area contributed by atoms with Gasteiger partial charge in [-0.1, -0.05) is 32.8 Å². The van der Waals surface area contributed by atoms with Crippen molar-refractivity contribution in [2.75, 3.05) is 0 Å². The molecule has 0 aliphatic carbocycles. The topological polar surface area (TPSA) is 17.1 Å². The number of carbonyl (C=O) groups excluding carboxylic acids is 1. The molecule has 0 amide bonds. The lowest BCUT2D eigenvalue weighted by molar-refractivity contribution is -0.119. The van der Waals surface area contributed by atoms with Crippen LogP contribution in [0.15, 0.2) is 12.7 Å². The Kier molecular flexibility index (Phi) is 6.73. The maximum atomic E-state index is 11.2. The summed E-state index contributed by atoms with van der Waals surface area (Å²) in [6, 6.07) is 0. The van der Waals surface area contributed by atoms with Crippen LogP contribution in [0.3, 0.4) is 0 Å². The van der Waals surface area contributed by atoms with Crippen molar-refractivity contribution in [2.45, 2.75) is 46.0 Å². The number of rotatable bonds is 7. The Labute approximate surface area is 75.9 Å². The van der Waals surface area contributed by atoms with Crippen molar-refractivity contribution in [1.29, 1.82) is 0 Å². The third-order valence-electron chi connectivity index (χ3n) is 2.01. The molecule has 70 valence electrons. The van der Waals surface area contributed by atoms with Crippen LogP contribution < -0.4 is 0 Å². The maximum Gasteiger partial charge on any atom is 0.133 e. The Morgan fingerprint density at radius 3 is 2.67 bits per heavy atom. The van der Waals surface area contributed by atoms with E-state index in [9.17, 15) is 4.79 Å². The molecule has 0 rings (SSSR count). The zero-order valence-electron chi connectivity index (χ0n) is 8.31. The fraction of sp³-hybridized carbons (Fsp3) is 0.727. The van der Waals surface area contributed by atoms with Crippen LogP contribution in [0.5, 0.6) is 0 Å². The Balaban J connectivity index is 3.39. The van der Waals surface area contributed by atoms with Crippen LogP contribution >= 0.6 is 0 Å². The van der Waals surface area contributed by atoms with E-state index in [2.05, 4.69) is 13.5 Å². The summed E-state index contributed by atoms with van der Waals surface area (Å²) in [5.41, 5.74) is 0. The molecule has 0 unspecified atom stereocenters. The average molecular weight is 168 g/mol. The summed E-state index contributed by atoms with van der Waals surface area (Å²) in [4.78, 5) is 11.2. The fourth-order valence-electron chi connectivity index (χ4n) is 1.12. The molecule has 1 atom stereocenters. The lowest BCUT2D eigenvalue weighted by Crippen LogP contribution is -2.02. The van der Waals surface area contributed by atoms with Gasteiger partial charge in [-0.3, -0.25) is 4.79 Å². The summed E-state index contributed by atoms with van der Waals surface area (Å²) in [7, 11) is 0. The third kappa shape index (κ3) is 6.14. The summed E-state index contributed by atoms with van der Waals surface area (Å²) < 4.78 is 0. The molecule has 0 aromatic rings. The first kappa shape index (κ1) is 11.4. The van der Waals surface area contributed by atoms with Gasteiger partial charge in [0.15, 0.2) is 0 Å². The molecule has 1 heteroatoms. The molecule has 0 N–H and O–H groups in total. The average Bonchev–Trinajstić information content (AvgIpc) is 2.05. The number of unbranched alkanes of at least 4 members (excludes halogenated alkanes) is 2. The van der Waals surface area contributed by atoms with Gasteiger partial charge in [0, 0.05) is 12.8 Å². The van der Waals surface area contributed by atoms with Crippen molar-refractivity contribution >= 4 is 5.78 Å². The molecule has 0 aliphatic rings. The molecular formula is C11H20O. The molecule has 0 heterocycles. The first-order valence-corrected chi connectivity index (χ1v) is 4.85. The van der Waals surface area contributed by atoms with Gasteiger partial charge in [0.05, 0.1) is 0 Å². The van der Waals surface area contributed by atoms with E-state index in [4.69, 9.17) is 0 Å². The van der Waals surface area contributed by atoms with E-state index in [1.165, 1.54) is 12.8 Å². The normalized spacial score (nSPS) is 12.5. The highest BCUT2D eigenvalue weighted by molar-refractivity contribution is 5.78. The fourth-order valence-corrected chi connectivity index (χ4v) is 1.12. The number of hydrogen-bond acceptors (Lipinski definition) is 1. The molecule has 0 bridgehead atoms. The van der Waals surface area contributed by atoms with Gasteiger partial charge >= 0.3 is 0 Å². The Morgan fingerprint density at radius 2 is 2.17 bits per heavy atom. The molecule has 0 radical (unpaired) electrons. The Morgan fingerprint density at radius 1 is 1.50 bits per heavy atom. The molecule has 0 aliphatic heterocycles. The number of ketones is 1. The second-order valence-corrected chi connectivity index (χ2v) is 3.41. The minimum absolute atomic E-state index is 0.346. The molecule has 0 aromatic heterocycles. The van der Waals surface area contributed by atoms with Gasteiger partial charge in [0.25, 0.3) is 0 Å². The summed E-state index contributed by atoms with van der Waals surface area (Å²) >= 11 is 0. The minimum Gasteiger partial charge on any atom is -0.300 e. The molecule has 0 saturated heterocycles.